The number of fused-ring (bicyclic) bond motifs is 1. The summed E-state index contributed by atoms with van der Waals surface area (Å²) in [4.78, 5) is 21.4. The summed E-state index contributed by atoms with van der Waals surface area (Å²) >= 11 is 1.27. The maximum atomic E-state index is 15.0. The zero-order valence-electron chi connectivity index (χ0n) is 17.9. The Morgan fingerprint density at radius 1 is 1.20 bits per heavy atom. The van der Waals surface area contributed by atoms with Crippen LogP contribution in [0.1, 0.15) is 44.2 Å². The van der Waals surface area contributed by atoms with Crippen LogP contribution in [0.4, 0.5) is 15.8 Å². The number of likely N-dealkylation sites (N-methyl/N-ethyl adjacent to an activating group) is 1. The van der Waals surface area contributed by atoms with Crippen LogP contribution < -0.4 is 4.90 Å². The standard InChI is InChI=1S/C24H26FN3OS/c1-15-14-24(2,3)28(5)20-13-19(25)16(11-18(15)20)12-21-22(29)27(4)23(30-21)26-17-9-7-6-8-10-17/h6-13,15H,14H2,1-5H3/b21-12+,26-23?. The van der Waals surface area contributed by atoms with Gasteiger partial charge in [-0.1, -0.05) is 25.1 Å². The van der Waals surface area contributed by atoms with E-state index in [1.165, 1.54) is 16.7 Å². The third-order valence-corrected chi connectivity index (χ3v) is 7.08. The van der Waals surface area contributed by atoms with Gasteiger partial charge in [-0.3, -0.25) is 9.69 Å². The average molecular weight is 424 g/mol. The summed E-state index contributed by atoms with van der Waals surface area (Å²) in [5.74, 6) is -0.172. The molecule has 1 amide bonds. The summed E-state index contributed by atoms with van der Waals surface area (Å²) in [6.07, 6.45) is 2.64. The number of amides is 1. The Balaban J connectivity index is 1.70. The van der Waals surface area contributed by atoms with Crippen molar-refractivity contribution in [2.75, 3.05) is 19.0 Å². The molecule has 0 spiro atoms. The lowest BCUT2D eigenvalue weighted by Gasteiger charge is -2.45. The normalized spacial score (nSPS) is 23.4. The first-order valence-electron chi connectivity index (χ1n) is 10.1. The topological polar surface area (TPSA) is 35.9 Å². The number of halogens is 1. The highest BCUT2D eigenvalue weighted by molar-refractivity contribution is 8.18. The lowest BCUT2D eigenvalue weighted by Crippen LogP contribution is -2.45. The van der Waals surface area contributed by atoms with E-state index in [1.54, 1.807) is 19.2 Å². The lowest BCUT2D eigenvalue weighted by molar-refractivity contribution is -0.121. The first-order chi connectivity index (χ1) is 14.2. The summed E-state index contributed by atoms with van der Waals surface area (Å²) < 4.78 is 15.0. The number of hydrogen-bond donors (Lipinski definition) is 0. The maximum absolute atomic E-state index is 15.0. The molecule has 4 nitrogen and oxygen atoms in total. The number of nitrogens with zero attached hydrogens (tertiary/aromatic N) is 3. The molecule has 0 bridgehead atoms. The average Bonchev–Trinajstić information content (AvgIpc) is 2.96. The van der Waals surface area contributed by atoms with E-state index in [4.69, 9.17) is 0 Å². The minimum absolute atomic E-state index is 0.0262. The Hall–Kier alpha value is -2.60. The molecular formula is C24H26FN3OS. The molecular weight excluding hydrogens is 397 g/mol. The van der Waals surface area contributed by atoms with Gasteiger partial charge in [-0.15, -0.1) is 0 Å². The van der Waals surface area contributed by atoms with Gasteiger partial charge in [0.25, 0.3) is 5.91 Å². The van der Waals surface area contributed by atoms with Crippen molar-refractivity contribution >= 4 is 40.3 Å². The van der Waals surface area contributed by atoms with Crippen molar-refractivity contribution in [2.24, 2.45) is 4.99 Å². The van der Waals surface area contributed by atoms with E-state index in [-0.39, 0.29) is 17.3 Å². The molecule has 0 aromatic heterocycles. The molecule has 2 aliphatic rings. The van der Waals surface area contributed by atoms with Crippen LogP contribution in [0.25, 0.3) is 6.08 Å². The van der Waals surface area contributed by atoms with Crippen LogP contribution in [0.2, 0.25) is 0 Å². The van der Waals surface area contributed by atoms with Crippen LogP contribution in [0.3, 0.4) is 0 Å². The summed E-state index contributed by atoms with van der Waals surface area (Å²) in [6, 6.07) is 13.0. The van der Waals surface area contributed by atoms with E-state index in [2.05, 4.69) is 30.7 Å². The fourth-order valence-corrected chi connectivity index (χ4v) is 5.10. The maximum Gasteiger partial charge on any atom is 0.266 e. The minimum atomic E-state index is -0.317. The number of hydrogen-bond acceptors (Lipinski definition) is 4. The summed E-state index contributed by atoms with van der Waals surface area (Å²) in [6.45, 7) is 6.53. The Kier molecular flexibility index (Phi) is 5.22. The zero-order chi connectivity index (χ0) is 21.6. The predicted molar refractivity (Wildman–Crippen MR) is 124 cm³/mol. The van der Waals surface area contributed by atoms with Gasteiger partial charge in [0, 0.05) is 30.9 Å². The van der Waals surface area contributed by atoms with Crippen molar-refractivity contribution in [1.29, 1.82) is 0 Å². The number of rotatable bonds is 2. The fraction of sp³-hybridized carbons (Fsp3) is 0.333. The minimum Gasteiger partial charge on any atom is -0.369 e. The van der Waals surface area contributed by atoms with Gasteiger partial charge < -0.3 is 4.90 Å². The first-order valence-corrected chi connectivity index (χ1v) is 10.9. The monoisotopic (exact) mass is 423 g/mol. The van der Waals surface area contributed by atoms with E-state index in [0.717, 1.165) is 23.4 Å². The smallest absolute Gasteiger partial charge is 0.266 e. The third-order valence-electron chi connectivity index (χ3n) is 6.02. The number of benzene rings is 2. The van der Waals surface area contributed by atoms with Gasteiger partial charge in [-0.2, -0.15) is 0 Å². The SMILES string of the molecule is CC1CC(C)(C)N(C)c2cc(F)c(/C=C3/SC(=Nc4ccccc4)N(C)C3=O)cc21. The van der Waals surface area contributed by atoms with Crippen LogP contribution in [-0.2, 0) is 4.79 Å². The van der Waals surface area contributed by atoms with Crippen LogP contribution >= 0.6 is 11.8 Å². The number of thioether (sulfide) groups is 1. The Bertz CT molecular complexity index is 1060. The number of anilines is 1. The number of aliphatic imine (C=N–C) groups is 1. The second kappa shape index (κ2) is 7.58. The van der Waals surface area contributed by atoms with Crippen LogP contribution in [-0.4, -0.2) is 35.6 Å². The molecule has 2 aromatic carbocycles. The van der Waals surface area contributed by atoms with Crippen LogP contribution in [0.5, 0.6) is 0 Å². The van der Waals surface area contributed by atoms with Crippen molar-refractivity contribution in [3.8, 4) is 0 Å². The molecule has 30 heavy (non-hydrogen) atoms. The number of carbonyl (C=O) groups excluding carboxylic acids is 1. The molecule has 0 radical (unpaired) electrons. The van der Waals surface area contributed by atoms with E-state index < -0.39 is 0 Å². The Labute approximate surface area is 181 Å². The molecule has 4 rings (SSSR count). The molecule has 1 saturated heterocycles. The van der Waals surface area contributed by atoms with Crippen molar-refractivity contribution in [3.05, 3.63) is 64.3 Å². The highest BCUT2D eigenvalue weighted by Gasteiger charge is 2.35. The Morgan fingerprint density at radius 2 is 1.90 bits per heavy atom. The van der Waals surface area contributed by atoms with Crippen molar-refractivity contribution < 1.29 is 9.18 Å². The van der Waals surface area contributed by atoms with Crippen LogP contribution in [0, 0.1) is 5.82 Å². The van der Waals surface area contributed by atoms with Gasteiger partial charge in [0.05, 0.1) is 10.6 Å². The van der Waals surface area contributed by atoms with Gasteiger partial charge in [0.1, 0.15) is 5.82 Å². The van der Waals surface area contributed by atoms with Gasteiger partial charge in [0.2, 0.25) is 0 Å². The molecule has 0 saturated carbocycles. The molecule has 1 fully saturated rings. The summed E-state index contributed by atoms with van der Waals surface area (Å²) in [5.41, 5.74) is 3.24. The van der Waals surface area contributed by atoms with Crippen molar-refractivity contribution in [2.45, 2.75) is 38.6 Å². The van der Waals surface area contributed by atoms with Gasteiger partial charge in [-0.05, 0) is 73.9 Å². The largest absolute Gasteiger partial charge is 0.369 e. The molecule has 1 unspecified atom stereocenters. The van der Waals surface area contributed by atoms with Gasteiger partial charge >= 0.3 is 0 Å². The van der Waals surface area contributed by atoms with Crippen LogP contribution in [0.15, 0.2) is 52.4 Å². The second-order valence-corrected chi connectivity index (χ2v) is 9.62. The quantitative estimate of drug-likeness (QED) is 0.574. The van der Waals surface area contributed by atoms with Gasteiger partial charge in [-0.25, -0.2) is 9.38 Å². The molecule has 2 heterocycles. The lowest BCUT2D eigenvalue weighted by atomic mass is 9.80. The second-order valence-electron chi connectivity index (χ2n) is 8.61. The number of para-hydroxylation sites is 1. The molecule has 2 aromatic rings. The van der Waals surface area contributed by atoms with Gasteiger partial charge in [0.15, 0.2) is 5.17 Å². The van der Waals surface area contributed by atoms with Crippen molar-refractivity contribution in [3.63, 3.8) is 0 Å². The first kappa shape index (κ1) is 20.7. The molecule has 2 aliphatic heterocycles. The Morgan fingerprint density at radius 3 is 2.60 bits per heavy atom. The molecule has 156 valence electrons. The van der Waals surface area contributed by atoms with E-state index in [9.17, 15) is 4.79 Å². The molecule has 0 N–H and O–H groups in total. The van der Waals surface area contributed by atoms with E-state index in [1.807, 2.05) is 43.4 Å². The summed E-state index contributed by atoms with van der Waals surface area (Å²) in [5, 5.41) is 0.589. The fourth-order valence-electron chi connectivity index (χ4n) is 4.12. The number of amidine groups is 1. The zero-order valence-corrected chi connectivity index (χ0v) is 18.8. The summed E-state index contributed by atoms with van der Waals surface area (Å²) in [7, 11) is 3.71. The highest BCUT2D eigenvalue weighted by atomic mass is 32.2. The van der Waals surface area contributed by atoms with Crippen molar-refractivity contribution in [1.82, 2.24) is 4.90 Å². The predicted octanol–water partition coefficient (Wildman–Crippen LogP) is 5.78. The number of carbonyl (C=O) groups is 1. The van der Waals surface area contributed by atoms with E-state index in [0.29, 0.717) is 21.6 Å². The third kappa shape index (κ3) is 3.65. The van der Waals surface area contributed by atoms with E-state index >= 15 is 4.39 Å². The highest BCUT2D eigenvalue weighted by Crippen LogP contribution is 2.44. The molecule has 6 heteroatoms. The molecule has 0 aliphatic carbocycles. The molecule has 1 atom stereocenters.